The molecule has 0 aliphatic carbocycles. The van der Waals surface area contributed by atoms with E-state index in [4.69, 9.17) is 4.74 Å². The van der Waals surface area contributed by atoms with E-state index in [9.17, 15) is 9.59 Å². The lowest BCUT2D eigenvalue weighted by atomic mass is 10.1. The van der Waals surface area contributed by atoms with Gasteiger partial charge in [-0.15, -0.1) is 10.2 Å². The molecule has 7 heteroatoms. The summed E-state index contributed by atoms with van der Waals surface area (Å²) in [6, 6.07) is 12.2. The SMILES string of the molecule is COC(=O)c1cccc(C(=O)N2CCC[C@H]2c2nnc3ccccn23)c1. The van der Waals surface area contributed by atoms with Crippen molar-refractivity contribution >= 4 is 17.5 Å². The van der Waals surface area contributed by atoms with Gasteiger partial charge in [0.25, 0.3) is 5.91 Å². The smallest absolute Gasteiger partial charge is 0.337 e. The van der Waals surface area contributed by atoms with Crippen LogP contribution in [0.4, 0.5) is 0 Å². The van der Waals surface area contributed by atoms with Crippen LogP contribution >= 0.6 is 0 Å². The molecule has 0 spiro atoms. The Morgan fingerprint density at radius 1 is 1.12 bits per heavy atom. The number of rotatable bonds is 3. The summed E-state index contributed by atoms with van der Waals surface area (Å²) in [7, 11) is 1.32. The largest absolute Gasteiger partial charge is 0.465 e. The van der Waals surface area contributed by atoms with Crippen LogP contribution in [0.25, 0.3) is 5.65 Å². The average molecular weight is 350 g/mol. The molecule has 26 heavy (non-hydrogen) atoms. The standard InChI is InChI=1S/C19H18N4O3/c1-26-19(25)14-7-4-6-13(12-14)18(24)22-11-5-8-15(22)17-21-20-16-9-2-3-10-23(16)17/h2-4,6-7,9-10,12,15H,5,8,11H2,1H3/t15-/m0/s1. The highest BCUT2D eigenvalue weighted by molar-refractivity contribution is 5.98. The zero-order chi connectivity index (χ0) is 18.1. The molecule has 0 radical (unpaired) electrons. The summed E-state index contributed by atoms with van der Waals surface area (Å²) in [6.45, 7) is 0.647. The number of pyridine rings is 1. The van der Waals surface area contributed by atoms with Gasteiger partial charge in [0.15, 0.2) is 11.5 Å². The summed E-state index contributed by atoms with van der Waals surface area (Å²) in [6.07, 6.45) is 3.64. The van der Waals surface area contributed by atoms with Crippen LogP contribution in [-0.4, -0.2) is 45.0 Å². The number of methoxy groups -OCH3 is 1. The maximum absolute atomic E-state index is 13.1. The summed E-state index contributed by atoms with van der Waals surface area (Å²) >= 11 is 0. The maximum Gasteiger partial charge on any atom is 0.337 e. The molecule has 1 fully saturated rings. The summed E-state index contributed by atoms with van der Waals surface area (Å²) < 4.78 is 6.66. The molecule has 1 aliphatic rings. The molecule has 2 aromatic heterocycles. The summed E-state index contributed by atoms with van der Waals surface area (Å²) in [5.74, 6) is 0.183. The quantitative estimate of drug-likeness (QED) is 0.678. The van der Waals surface area contributed by atoms with Crippen LogP contribution in [-0.2, 0) is 4.74 Å². The minimum absolute atomic E-state index is 0.120. The van der Waals surface area contributed by atoms with Gasteiger partial charge in [0.2, 0.25) is 0 Å². The Morgan fingerprint density at radius 2 is 1.96 bits per heavy atom. The molecule has 7 nitrogen and oxygen atoms in total. The second kappa shape index (κ2) is 6.59. The molecule has 1 saturated heterocycles. The fourth-order valence-corrected chi connectivity index (χ4v) is 3.43. The summed E-state index contributed by atoms with van der Waals surface area (Å²) in [4.78, 5) is 26.6. The van der Waals surface area contributed by atoms with Gasteiger partial charge in [-0.25, -0.2) is 4.79 Å². The van der Waals surface area contributed by atoms with Gasteiger partial charge in [0.05, 0.1) is 18.7 Å². The Morgan fingerprint density at radius 3 is 2.81 bits per heavy atom. The van der Waals surface area contributed by atoms with Gasteiger partial charge in [0.1, 0.15) is 0 Å². The maximum atomic E-state index is 13.1. The van der Waals surface area contributed by atoms with E-state index < -0.39 is 5.97 Å². The van der Waals surface area contributed by atoms with Gasteiger partial charge in [-0.05, 0) is 43.2 Å². The van der Waals surface area contributed by atoms with Crippen LogP contribution in [0.3, 0.4) is 0 Å². The van der Waals surface area contributed by atoms with Crippen molar-refractivity contribution < 1.29 is 14.3 Å². The third-order valence-corrected chi connectivity index (χ3v) is 4.68. The number of hydrogen-bond donors (Lipinski definition) is 0. The molecule has 1 aliphatic heterocycles. The van der Waals surface area contributed by atoms with E-state index >= 15 is 0 Å². The number of aromatic nitrogens is 3. The lowest BCUT2D eigenvalue weighted by molar-refractivity contribution is 0.0600. The van der Waals surface area contributed by atoms with Crippen LogP contribution in [0.1, 0.15) is 45.4 Å². The molecule has 1 aromatic carbocycles. The van der Waals surface area contributed by atoms with Crippen molar-refractivity contribution in [1.29, 1.82) is 0 Å². The van der Waals surface area contributed by atoms with Crippen molar-refractivity contribution in [3.63, 3.8) is 0 Å². The second-order valence-electron chi connectivity index (χ2n) is 6.22. The predicted molar refractivity (Wildman–Crippen MR) is 93.8 cm³/mol. The van der Waals surface area contributed by atoms with E-state index in [2.05, 4.69) is 10.2 Å². The highest BCUT2D eigenvalue weighted by atomic mass is 16.5. The monoisotopic (exact) mass is 350 g/mol. The fourth-order valence-electron chi connectivity index (χ4n) is 3.43. The van der Waals surface area contributed by atoms with E-state index in [1.54, 1.807) is 29.2 Å². The number of amides is 1. The van der Waals surface area contributed by atoms with Crippen LogP contribution in [0, 0.1) is 0 Å². The van der Waals surface area contributed by atoms with E-state index in [1.165, 1.54) is 7.11 Å². The molecule has 1 amide bonds. The Labute approximate surface area is 150 Å². The summed E-state index contributed by atoms with van der Waals surface area (Å²) in [5, 5.41) is 8.50. The zero-order valence-corrected chi connectivity index (χ0v) is 14.3. The number of hydrogen-bond acceptors (Lipinski definition) is 5. The fraction of sp³-hybridized carbons (Fsp3) is 0.263. The number of benzene rings is 1. The number of fused-ring (bicyclic) bond motifs is 1. The number of nitrogens with zero attached hydrogens (tertiary/aromatic N) is 4. The van der Waals surface area contributed by atoms with Gasteiger partial charge in [-0.2, -0.15) is 0 Å². The molecule has 0 bridgehead atoms. The minimum Gasteiger partial charge on any atom is -0.465 e. The number of carbonyl (C=O) groups excluding carboxylic acids is 2. The molecule has 4 rings (SSSR count). The third kappa shape index (κ3) is 2.71. The molecule has 1 atom stereocenters. The topological polar surface area (TPSA) is 76.8 Å². The van der Waals surface area contributed by atoms with Crippen LogP contribution in [0.15, 0.2) is 48.7 Å². The minimum atomic E-state index is -0.457. The number of likely N-dealkylation sites (tertiary alicyclic amines) is 1. The number of carbonyl (C=O) groups is 2. The van der Waals surface area contributed by atoms with Crippen molar-refractivity contribution in [3.8, 4) is 0 Å². The molecular formula is C19H18N4O3. The van der Waals surface area contributed by atoms with Crippen LogP contribution in [0.2, 0.25) is 0 Å². The lowest BCUT2D eigenvalue weighted by Gasteiger charge is -2.23. The van der Waals surface area contributed by atoms with Gasteiger partial charge < -0.3 is 9.64 Å². The van der Waals surface area contributed by atoms with Crippen molar-refractivity contribution in [2.45, 2.75) is 18.9 Å². The molecular weight excluding hydrogens is 332 g/mol. The highest BCUT2D eigenvalue weighted by Crippen LogP contribution is 2.32. The second-order valence-corrected chi connectivity index (χ2v) is 6.22. The molecule has 0 saturated carbocycles. The first kappa shape index (κ1) is 16.3. The van der Waals surface area contributed by atoms with Gasteiger partial charge >= 0.3 is 5.97 Å². The van der Waals surface area contributed by atoms with Crippen molar-refractivity contribution in [2.75, 3.05) is 13.7 Å². The molecule has 0 N–H and O–H groups in total. The lowest BCUT2D eigenvalue weighted by Crippen LogP contribution is -2.31. The third-order valence-electron chi connectivity index (χ3n) is 4.68. The Kier molecular flexibility index (Phi) is 4.12. The van der Waals surface area contributed by atoms with Gasteiger partial charge in [0, 0.05) is 18.3 Å². The van der Waals surface area contributed by atoms with Crippen LogP contribution in [0.5, 0.6) is 0 Å². The molecule has 0 unspecified atom stereocenters. The van der Waals surface area contributed by atoms with Crippen molar-refractivity contribution in [3.05, 3.63) is 65.6 Å². The molecule has 3 heterocycles. The summed E-state index contributed by atoms with van der Waals surface area (Å²) in [5.41, 5.74) is 1.59. The van der Waals surface area contributed by atoms with E-state index in [0.29, 0.717) is 17.7 Å². The zero-order valence-electron chi connectivity index (χ0n) is 14.3. The first-order valence-corrected chi connectivity index (χ1v) is 8.48. The van der Waals surface area contributed by atoms with Gasteiger partial charge in [-0.1, -0.05) is 12.1 Å². The van der Waals surface area contributed by atoms with Crippen molar-refractivity contribution in [1.82, 2.24) is 19.5 Å². The van der Waals surface area contributed by atoms with Crippen molar-refractivity contribution in [2.24, 2.45) is 0 Å². The highest BCUT2D eigenvalue weighted by Gasteiger charge is 2.33. The molecule has 3 aromatic rings. The van der Waals surface area contributed by atoms with E-state index in [0.717, 1.165) is 24.3 Å². The Bertz CT molecular complexity index is 982. The van der Waals surface area contributed by atoms with E-state index in [1.807, 2.05) is 28.8 Å². The normalized spacial score (nSPS) is 16.8. The molecule has 132 valence electrons. The van der Waals surface area contributed by atoms with Gasteiger partial charge in [-0.3, -0.25) is 9.20 Å². The van der Waals surface area contributed by atoms with Crippen LogP contribution < -0.4 is 0 Å². The number of esters is 1. The predicted octanol–water partition coefficient (Wildman–Crippen LogP) is 2.49. The first-order valence-electron chi connectivity index (χ1n) is 8.48. The number of ether oxygens (including phenoxy) is 1. The Balaban J connectivity index is 1.66. The Hall–Kier alpha value is -3.22. The first-order chi connectivity index (χ1) is 12.7. The van der Waals surface area contributed by atoms with E-state index in [-0.39, 0.29) is 11.9 Å². The average Bonchev–Trinajstić information content (AvgIpc) is 3.33.